The van der Waals surface area contributed by atoms with Crippen LogP contribution >= 0.6 is 34.8 Å². The minimum Gasteiger partial charge on any atom is -0.172 e. The summed E-state index contributed by atoms with van der Waals surface area (Å²) in [7, 11) is 0. The van der Waals surface area contributed by atoms with Crippen molar-refractivity contribution >= 4 is 45.8 Å². The number of hydrogen-bond donors (Lipinski definition) is 0. The van der Waals surface area contributed by atoms with Crippen LogP contribution in [0, 0.1) is 3.70 Å². The lowest BCUT2D eigenvalue weighted by Crippen LogP contribution is -1.82. The van der Waals surface area contributed by atoms with Crippen molar-refractivity contribution in [3.63, 3.8) is 0 Å². The Bertz CT molecular complexity index is 265. The highest BCUT2D eigenvalue weighted by molar-refractivity contribution is 14.1. The Balaban J connectivity index is 3.00. The van der Waals surface area contributed by atoms with Gasteiger partial charge in [-0.2, -0.15) is 4.99 Å². The van der Waals surface area contributed by atoms with Crippen LogP contribution in [0.1, 0.15) is 0 Å². The Labute approximate surface area is 76.7 Å². The Hall–Kier alpha value is -0.390. The zero-order valence-corrected chi connectivity index (χ0v) is 7.76. The molecule has 0 N–H and O–H groups in total. The zero-order chi connectivity index (χ0) is 7.40. The Morgan fingerprint density at radius 3 is 2.80 bits per heavy atom. The molecule has 0 saturated heterocycles. The van der Waals surface area contributed by atoms with Gasteiger partial charge in [-0.3, -0.25) is 0 Å². The number of rotatable bonds is 1. The zero-order valence-electron chi connectivity index (χ0n) is 4.78. The molecule has 10 heavy (non-hydrogen) atoms. The molecule has 50 valence electrons. The van der Waals surface area contributed by atoms with E-state index >= 15 is 0 Å². The van der Waals surface area contributed by atoms with Crippen LogP contribution in [0.25, 0.3) is 0 Å². The van der Waals surface area contributed by atoms with Gasteiger partial charge in [-0.25, -0.2) is 0 Å². The van der Waals surface area contributed by atoms with Crippen LogP contribution in [0.3, 0.4) is 0 Å². The van der Waals surface area contributed by atoms with Gasteiger partial charge in [-0.15, -0.1) is 10.2 Å². The van der Waals surface area contributed by atoms with Crippen molar-refractivity contribution in [3.05, 3.63) is 15.8 Å². The van der Waals surface area contributed by atoms with Gasteiger partial charge in [0.25, 0.3) is 0 Å². The molecule has 0 aliphatic rings. The van der Waals surface area contributed by atoms with Gasteiger partial charge in [0.1, 0.15) is 3.70 Å². The van der Waals surface area contributed by atoms with Crippen molar-refractivity contribution in [1.29, 1.82) is 0 Å². The number of thiocarbonyl (C=S) groups is 1. The number of aliphatic imine (C=N–C) groups is 1. The molecule has 0 aromatic carbocycles. The summed E-state index contributed by atoms with van der Waals surface area (Å²) in [5, 5.41) is 9.68. The molecule has 0 aliphatic heterocycles. The summed E-state index contributed by atoms with van der Waals surface area (Å²) in [6, 6.07) is 3.53. The Kier molecular flexibility index (Phi) is 2.85. The second-order valence-electron chi connectivity index (χ2n) is 1.42. The van der Waals surface area contributed by atoms with E-state index in [0.717, 1.165) is 3.70 Å². The number of hydrogen-bond acceptors (Lipinski definition) is 4. The molecule has 0 atom stereocenters. The minimum absolute atomic E-state index is 0.496. The lowest BCUT2D eigenvalue weighted by molar-refractivity contribution is 0.999. The van der Waals surface area contributed by atoms with Gasteiger partial charge in [0.2, 0.25) is 0 Å². The molecule has 5 heteroatoms. The van der Waals surface area contributed by atoms with Gasteiger partial charge in [0.15, 0.2) is 5.82 Å². The average Bonchev–Trinajstić information content (AvgIpc) is 1.95. The second-order valence-corrected chi connectivity index (χ2v) is 2.71. The quantitative estimate of drug-likeness (QED) is 0.440. The topological polar surface area (TPSA) is 38.1 Å². The minimum atomic E-state index is 0.496. The van der Waals surface area contributed by atoms with Crippen molar-refractivity contribution in [2.45, 2.75) is 0 Å². The largest absolute Gasteiger partial charge is 0.184 e. The fourth-order valence-electron chi connectivity index (χ4n) is 0.415. The first-order valence-electron chi connectivity index (χ1n) is 2.40. The number of isothiocyanates is 1. The predicted octanol–water partition coefficient (Wildman–Crippen LogP) is 1.82. The van der Waals surface area contributed by atoms with Crippen LogP contribution in [-0.4, -0.2) is 15.4 Å². The van der Waals surface area contributed by atoms with Crippen LogP contribution in [0.5, 0.6) is 0 Å². The molecule has 3 nitrogen and oxygen atoms in total. The molecule has 0 saturated carbocycles. The highest BCUT2D eigenvalue weighted by atomic mass is 127. The third-order valence-corrected chi connectivity index (χ3v) is 1.44. The summed E-state index contributed by atoms with van der Waals surface area (Å²) in [6.45, 7) is 0. The summed E-state index contributed by atoms with van der Waals surface area (Å²) in [6.07, 6.45) is 0. The third kappa shape index (κ3) is 2.09. The van der Waals surface area contributed by atoms with Gasteiger partial charge in [0, 0.05) is 0 Å². The van der Waals surface area contributed by atoms with Crippen molar-refractivity contribution < 1.29 is 0 Å². The van der Waals surface area contributed by atoms with E-state index in [1.165, 1.54) is 0 Å². The molecular weight excluding hydrogens is 261 g/mol. The van der Waals surface area contributed by atoms with E-state index in [4.69, 9.17) is 0 Å². The van der Waals surface area contributed by atoms with E-state index in [-0.39, 0.29) is 0 Å². The van der Waals surface area contributed by atoms with Crippen molar-refractivity contribution in [3.8, 4) is 0 Å². The summed E-state index contributed by atoms with van der Waals surface area (Å²) < 4.78 is 0.834. The van der Waals surface area contributed by atoms with Gasteiger partial charge in [-0.1, -0.05) is 0 Å². The van der Waals surface area contributed by atoms with Crippen LogP contribution in [0.15, 0.2) is 17.1 Å². The molecule has 1 aromatic heterocycles. The van der Waals surface area contributed by atoms with Gasteiger partial charge < -0.3 is 0 Å². The Morgan fingerprint density at radius 2 is 2.30 bits per heavy atom. The highest BCUT2D eigenvalue weighted by Crippen LogP contribution is 2.05. The molecule has 0 aliphatic carbocycles. The molecule has 0 fully saturated rings. The fraction of sp³-hybridized carbons (Fsp3) is 0. The summed E-state index contributed by atoms with van der Waals surface area (Å²) in [5.74, 6) is 0.496. The molecule has 0 spiro atoms. The molecule has 1 rings (SSSR count). The third-order valence-electron chi connectivity index (χ3n) is 0.778. The number of nitrogens with zero attached hydrogens (tertiary/aromatic N) is 3. The lowest BCUT2D eigenvalue weighted by Gasteiger charge is -1.86. The van der Waals surface area contributed by atoms with E-state index in [1.54, 1.807) is 12.1 Å². The van der Waals surface area contributed by atoms with Crippen LogP contribution in [0.4, 0.5) is 5.82 Å². The van der Waals surface area contributed by atoms with E-state index in [0.29, 0.717) is 5.82 Å². The maximum atomic E-state index is 4.38. The molecular formula is C5H2IN3S. The second kappa shape index (κ2) is 3.70. The van der Waals surface area contributed by atoms with Crippen molar-refractivity contribution in [1.82, 2.24) is 10.2 Å². The fourth-order valence-corrected chi connectivity index (χ4v) is 0.797. The lowest BCUT2D eigenvalue weighted by atomic mass is 10.5. The maximum absolute atomic E-state index is 4.38. The predicted molar refractivity (Wildman–Crippen MR) is 49.4 cm³/mol. The van der Waals surface area contributed by atoms with E-state index in [1.807, 2.05) is 0 Å². The van der Waals surface area contributed by atoms with Gasteiger partial charge >= 0.3 is 0 Å². The number of halogens is 1. The van der Waals surface area contributed by atoms with E-state index in [2.05, 4.69) is 55.2 Å². The summed E-state index contributed by atoms with van der Waals surface area (Å²) >= 11 is 6.44. The molecule has 0 bridgehead atoms. The average molecular weight is 263 g/mol. The van der Waals surface area contributed by atoms with E-state index < -0.39 is 0 Å². The van der Waals surface area contributed by atoms with Gasteiger partial charge in [-0.05, 0) is 46.9 Å². The highest BCUT2D eigenvalue weighted by Gasteiger charge is 1.89. The first-order valence-corrected chi connectivity index (χ1v) is 3.89. The SMILES string of the molecule is S=C=Nc1ccc(I)nn1. The first kappa shape index (κ1) is 7.71. The van der Waals surface area contributed by atoms with Crippen LogP contribution in [0.2, 0.25) is 0 Å². The van der Waals surface area contributed by atoms with Crippen molar-refractivity contribution in [2.75, 3.05) is 0 Å². The summed E-state index contributed by atoms with van der Waals surface area (Å²) in [4.78, 5) is 3.64. The Morgan fingerprint density at radius 1 is 1.50 bits per heavy atom. The van der Waals surface area contributed by atoms with E-state index in [9.17, 15) is 0 Å². The molecule has 1 heterocycles. The van der Waals surface area contributed by atoms with Crippen LogP contribution in [-0.2, 0) is 0 Å². The monoisotopic (exact) mass is 263 g/mol. The first-order chi connectivity index (χ1) is 4.83. The molecule has 0 radical (unpaired) electrons. The smallest absolute Gasteiger partial charge is 0.172 e. The number of aromatic nitrogens is 2. The molecule has 1 aromatic rings. The van der Waals surface area contributed by atoms with Gasteiger partial charge in [0.05, 0.1) is 5.16 Å². The maximum Gasteiger partial charge on any atom is 0.184 e. The summed E-state index contributed by atoms with van der Waals surface area (Å²) in [5.41, 5.74) is 0. The van der Waals surface area contributed by atoms with Crippen molar-refractivity contribution in [2.24, 2.45) is 4.99 Å². The normalized spacial score (nSPS) is 8.50. The standard InChI is InChI=1S/C5H2IN3S/c6-4-1-2-5(7-3-10)9-8-4/h1-2H. The molecule has 0 amide bonds. The van der Waals surface area contributed by atoms with Crippen LogP contribution < -0.4 is 0 Å². The molecule has 0 unspecified atom stereocenters.